The van der Waals surface area contributed by atoms with Gasteiger partial charge >= 0.3 is 0 Å². The number of hydrazone groups is 1. The lowest BCUT2D eigenvalue weighted by Crippen LogP contribution is -2.31. The lowest BCUT2D eigenvalue weighted by molar-refractivity contribution is -0.384. The number of ether oxygens (including phenoxy) is 1. The van der Waals surface area contributed by atoms with Crippen molar-refractivity contribution in [1.29, 1.82) is 0 Å². The number of nitro groups is 1. The van der Waals surface area contributed by atoms with Crippen LogP contribution in [0, 0.1) is 10.1 Å². The molecule has 0 spiro atoms. The lowest BCUT2D eigenvalue weighted by Gasteiger charge is -2.05. The van der Waals surface area contributed by atoms with Crippen molar-refractivity contribution >= 4 is 29.2 Å². The summed E-state index contributed by atoms with van der Waals surface area (Å²) in [6.45, 7) is 2.63. The van der Waals surface area contributed by atoms with Crippen LogP contribution in [0.15, 0.2) is 39.9 Å². The molecule has 24 heavy (non-hydrogen) atoms. The predicted octanol–water partition coefficient (Wildman–Crippen LogP) is 2.68. The third-order valence-electron chi connectivity index (χ3n) is 2.98. The van der Waals surface area contributed by atoms with Gasteiger partial charge in [0.25, 0.3) is 5.69 Å². The van der Waals surface area contributed by atoms with E-state index < -0.39 is 4.92 Å². The maximum atomic E-state index is 10.8. The SMILES string of the molecule is CCNC(=S)N/N=C\c1ccc(-c2ccc([N+](=O)[O-])cc2OC)o1. The van der Waals surface area contributed by atoms with Gasteiger partial charge in [-0.05, 0) is 37.3 Å². The molecule has 0 aliphatic carbocycles. The second-order valence-electron chi connectivity index (χ2n) is 4.57. The van der Waals surface area contributed by atoms with E-state index in [0.29, 0.717) is 34.5 Å². The van der Waals surface area contributed by atoms with Crippen molar-refractivity contribution in [2.24, 2.45) is 5.10 Å². The quantitative estimate of drug-likeness (QED) is 0.358. The van der Waals surface area contributed by atoms with Gasteiger partial charge in [-0.25, -0.2) is 0 Å². The summed E-state index contributed by atoms with van der Waals surface area (Å²) in [5.74, 6) is 1.36. The number of non-ortho nitro benzene ring substituents is 1. The Morgan fingerprint density at radius 2 is 2.25 bits per heavy atom. The number of nitro benzene ring substituents is 1. The average Bonchev–Trinajstić information content (AvgIpc) is 3.03. The summed E-state index contributed by atoms with van der Waals surface area (Å²) >= 11 is 4.98. The van der Waals surface area contributed by atoms with E-state index in [1.807, 2.05) is 6.92 Å². The van der Waals surface area contributed by atoms with Crippen molar-refractivity contribution in [3.05, 3.63) is 46.2 Å². The van der Waals surface area contributed by atoms with Gasteiger partial charge in [0, 0.05) is 12.6 Å². The molecule has 0 fully saturated rings. The minimum Gasteiger partial charge on any atom is -0.496 e. The molecule has 0 aliphatic rings. The van der Waals surface area contributed by atoms with E-state index in [2.05, 4.69) is 15.8 Å². The van der Waals surface area contributed by atoms with Crippen molar-refractivity contribution in [2.45, 2.75) is 6.92 Å². The number of hydrogen-bond acceptors (Lipinski definition) is 6. The van der Waals surface area contributed by atoms with Crippen LogP contribution in [0.25, 0.3) is 11.3 Å². The van der Waals surface area contributed by atoms with Crippen LogP contribution >= 0.6 is 12.2 Å². The van der Waals surface area contributed by atoms with Crippen LogP contribution in [-0.2, 0) is 0 Å². The molecule has 0 saturated carbocycles. The van der Waals surface area contributed by atoms with Gasteiger partial charge in [-0.3, -0.25) is 15.5 Å². The smallest absolute Gasteiger partial charge is 0.273 e. The summed E-state index contributed by atoms with van der Waals surface area (Å²) in [5.41, 5.74) is 3.21. The first-order chi connectivity index (χ1) is 11.5. The van der Waals surface area contributed by atoms with Crippen LogP contribution in [0.4, 0.5) is 5.69 Å². The number of furan rings is 1. The molecule has 2 aromatic rings. The zero-order valence-electron chi connectivity index (χ0n) is 13.1. The molecular weight excluding hydrogens is 332 g/mol. The number of nitrogens with zero attached hydrogens (tertiary/aromatic N) is 2. The van der Waals surface area contributed by atoms with Crippen LogP contribution in [0.2, 0.25) is 0 Å². The van der Waals surface area contributed by atoms with Crippen LogP contribution in [0.1, 0.15) is 12.7 Å². The Balaban J connectivity index is 2.17. The fraction of sp³-hybridized carbons (Fsp3) is 0.200. The highest BCUT2D eigenvalue weighted by atomic mass is 32.1. The average molecular weight is 348 g/mol. The van der Waals surface area contributed by atoms with E-state index in [-0.39, 0.29) is 5.69 Å². The van der Waals surface area contributed by atoms with Gasteiger partial charge in [0.1, 0.15) is 17.3 Å². The molecule has 126 valence electrons. The molecule has 0 aliphatic heterocycles. The maximum absolute atomic E-state index is 10.8. The normalized spacial score (nSPS) is 10.6. The summed E-state index contributed by atoms with van der Waals surface area (Å²) < 4.78 is 10.9. The lowest BCUT2D eigenvalue weighted by atomic mass is 10.1. The number of thiocarbonyl (C=S) groups is 1. The number of rotatable bonds is 6. The third-order valence-corrected chi connectivity index (χ3v) is 3.22. The Kier molecular flexibility index (Phi) is 5.85. The molecular formula is C15H16N4O4S. The molecule has 0 saturated heterocycles. The van der Waals surface area contributed by atoms with Gasteiger partial charge in [0.05, 0.1) is 29.9 Å². The summed E-state index contributed by atoms with van der Waals surface area (Å²) in [5, 5.41) is 18.1. The Hall–Kier alpha value is -2.94. The number of benzene rings is 1. The summed E-state index contributed by atoms with van der Waals surface area (Å²) in [7, 11) is 1.44. The molecule has 8 nitrogen and oxygen atoms in total. The predicted molar refractivity (Wildman–Crippen MR) is 94.4 cm³/mol. The van der Waals surface area contributed by atoms with E-state index in [1.165, 1.54) is 25.5 Å². The fourth-order valence-corrected chi connectivity index (χ4v) is 2.12. The second kappa shape index (κ2) is 8.06. The molecule has 1 aromatic carbocycles. The van der Waals surface area contributed by atoms with Gasteiger partial charge in [-0.2, -0.15) is 5.10 Å². The molecule has 0 atom stereocenters. The van der Waals surface area contributed by atoms with Crippen molar-refractivity contribution < 1.29 is 14.1 Å². The first-order valence-electron chi connectivity index (χ1n) is 7.04. The largest absolute Gasteiger partial charge is 0.496 e. The van der Waals surface area contributed by atoms with E-state index in [1.54, 1.807) is 18.2 Å². The van der Waals surface area contributed by atoms with Gasteiger partial charge in [0.2, 0.25) is 0 Å². The van der Waals surface area contributed by atoms with E-state index in [4.69, 9.17) is 21.4 Å². The first-order valence-corrected chi connectivity index (χ1v) is 7.45. The first kappa shape index (κ1) is 17.4. The minimum atomic E-state index is -0.481. The maximum Gasteiger partial charge on any atom is 0.273 e. The van der Waals surface area contributed by atoms with Gasteiger partial charge in [-0.1, -0.05) is 0 Å². The third kappa shape index (κ3) is 4.29. The van der Waals surface area contributed by atoms with Gasteiger partial charge < -0.3 is 14.5 Å². The molecule has 9 heteroatoms. The molecule has 2 N–H and O–H groups in total. The summed E-state index contributed by atoms with van der Waals surface area (Å²) in [6, 6.07) is 7.77. The summed E-state index contributed by atoms with van der Waals surface area (Å²) in [4.78, 5) is 10.3. The van der Waals surface area contributed by atoms with Crippen LogP contribution < -0.4 is 15.5 Å². The Morgan fingerprint density at radius 3 is 2.92 bits per heavy atom. The van der Waals surface area contributed by atoms with Gasteiger partial charge in [-0.15, -0.1) is 0 Å². The van der Waals surface area contributed by atoms with Crippen LogP contribution in [0.5, 0.6) is 5.75 Å². The molecule has 0 amide bonds. The van der Waals surface area contributed by atoms with E-state index >= 15 is 0 Å². The molecule has 0 unspecified atom stereocenters. The highest BCUT2D eigenvalue weighted by molar-refractivity contribution is 7.80. The zero-order chi connectivity index (χ0) is 17.5. The standard InChI is InChI=1S/C15H16N4O4S/c1-3-16-15(24)18-17-9-11-5-7-13(23-11)12-6-4-10(19(20)21)8-14(12)22-2/h4-9H,3H2,1-2H3,(H2,16,18,24)/b17-9-. The van der Waals surface area contributed by atoms with Crippen LogP contribution in [-0.4, -0.2) is 29.9 Å². The van der Waals surface area contributed by atoms with Crippen molar-refractivity contribution in [1.82, 2.24) is 10.7 Å². The monoisotopic (exact) mass is 348 g/mol. The van der Waals surface area contributed by atoms with E-state index in [9.17, 15) is 10.1 Å². The molecule has 0 radical (unpaired) electrons. The topological polar surface area (TPSA) is 102 Å². The number of methoxy groups -OCH3 is 1. The van der Waals surface area contributed by atoms with Crippen molar-refractivity contribution in [2.75, 3.05) is 13.7 Å². The number of nitrogens with one attached hydrogen (secondary N) is 2. The molecule has 1 aromatic heterocycles. The highest BCUT2D eigenvalue weighted by Crippen LogP contribution is 2.33. The fourth-order valence-electron chi connectivity index (χ4n) is 1.92. The zero-order valence-corrected chi connectivity index (χ0v) is 13.9. The van der Waals surface area contributed by atoms with Crippen molar-refractivity contribution in [3.63, 3.8) is 0 Å². The minimum absolute atomic E-state index is 0.0509. The van der Waals surface area contributed by atoms with Crippen molar-refractivity contribution in [3.8, 4) is 17.1 Å². The molecule has 2 rings (SSSR count). The summed E-state index contributed by atoms with van der Waals surface area (Å²) in [6.07, 6.45) is 1.48. The Morgan fingerprint density at radius 1 is 1.46 bits per heavy atom. The van der Waals surface area contributed by atoms with Crippen LogP contribution in [0.3, 0.4) is 0 Å². The Labute approximate surface area is 143 Å². The highest BCUT2D eigenvalue weighted by Gasteiger charge is 2.15. The Bertz CT molecular complexity index is 773. The second-order valence-corrected chi connectivity index (χ2v) is 4.98. The molecule has 1 heterocycles. The van der Waals surface area contributed by atoms with Gasteiger partial charge in [0.15, 0.2) is 5.11 Å². The molecule has 0 bridgehead atoms. The van der Waals surface area contributed by atoms with E-state index in [0.717, 1.165) is 0 Å². The number of hydrogen-bond donors (Lipinski definition) is 2.